The highest BCUT2D eigenvalue weighted by Crippen LogP contribution is 2.43. The predicted molar refractivity (Wildman–Crippen MR) is 65.5 cm³/mol. The molecule has 2 heterocycles. The molecule has 1 aliphatic heterocycles. The minimum Gasteiger partial charge on any atom is -0.463 e. The van der Waals surface area contributed by atoms with Crippen LogP contribution in [0.4, 0.5) is 0 Å². The number of furan rings is 1. The fourth-order valence-corrected chi connectivity index (χ4v) is 2.12. The second kappa shape index (κ2) is 4.14. The molecule has 1 aromatic rings. The fourth-order valence-electron chi connectivity index (χ4n) is 2.12. The van der Waals surface area contributed by atoms with Crippen molar-refractivity contribution in [1.82, 2.24) is 0 Å². The van der Waals surface area contributed by atoms with Crippen molar-refractivity contribution in [3.63, 3.8) is 0 Å². The molecule has 0 fully saturated rings. The summed E-state index contributed by atoms with van der Waals surface area (Å²) < 4.78 is 11.6. The summed E-state index contributed by atoms with van der Waals surface area (Å²) in [6, 6.07) is 3.93. The van der Waals surface area contributed by atoms with Gasteiger partial charge < -0.3 is 14.3 Å². The minimum absolute atomic E-state index is 0.237. The first-order chi connectivity index (χ1) is 7.93. The number of rotatable bonds is 5. The smallest absolute Gasteiger partial charge is 0.161 e. The van der Waals surface area contributed by atoms with Gasteiger partial charge in [0.05, 0.1) is 0 Å². The van der Waals surface area contributed by atoms with E-state index in [9.17, 15) is 5.11 Å². The van der Waals surface area contributed by atoms with Crippen LogP contribution in [0, 0.1) is 5.41 Å². The first kappa shape index (κ1) is 12.7. The molecule has 17 heavy (non-hydrogen) atoms. The average molecular weight is 238 g/mol. The Hall–Kier alpha value is -0.800. The Morgan fingerprint density at radius 3 is 2.59 bits per heavy atom. The Balaban J connectivity index is 2.15. The van der Waals surface area contributed by atoms with Crippen LogP contribution in [0.3, 0.4) is 0 Å². The summed E-state index contributed by atoms with van der Waals surface area (Å²) in [5, 5.41) is 10.2. The highest BCUT2D eigenvalue weighted by Gasteiger charge is 2.45. The van der Waals surface area contributed by atoms with E-state index in [0.717, 1.165) is 30.8 Å². The molecule has 2 rings (SSSR count). The Morgan fingerprint density at radius 2 is 2.18 bits per heavy atom. The van der Waals surface area contributed by atoms with E-state index >= 15 is 0 Å². The van der Waals surface area contributed by atoms with Crippen molar-refractivity contribution in [1.29, 1.82) is 0 Å². The number of hydrogen-bond acceptors (Lipinski definition) is 3. The van der Waals surface area contributed by atoms with Gasteiger partial charge in [0.2, 0.25) is 0 Å². The normalized spacial score (nSPS) is 25.2. The lowest BCUT2D eigenvalue weighted by atomic mass is 9.87. The van der Waals surface area contributed by atoms with Gasteiger partial charge in [0, 0.05) is 11.8 Å². The molecule has 2 atom stereocenters. The van der Waals surface area contributed by atoms with Crippen LogP contribution in [0.5, 0.6) is 0 Å². The second-order valence-electron chi connectivity index (χ2n) is 5.60. The van der Waals surface area contributed by atoms with E-state index in [1.165, 1.54) is 0 Å². The van der Waals surface area contributed by atoms with Crippen LogP contribution in [0.1, 0.15) is 52.1 Å². The van der Waals surface area contributed by atoms with Crippen molar-refractivity contribution < 1.29 is 14.3 Å². The molecular formula is C14H22O3. The summed E-state index contributed by atoms with van der Waals surface area (Å²) in [5.74, 6) is 1.80. The van der Waals surface area contributed by atoms with Crippen LogP contribution in [0.25, 0.3) is 0 Å². The van der Waals surface area contributed by atoms with Gasteiger partial charge in [0.25, 0.3) is 0 Å². The van der Waals surface area contributed by atoms with Crippen LogP contribution in [-0.4, -0.2) is 11.4 Å². The maximum atomic E-state index is 10.2. The molecule has 0 amide bonds. The van der Waals surface area contributed by atoms with E-state index in [1.807, 2.05) is 26.0 Å². The summed E-state index contributed by atoms with van der Waals surface area (Å²) in [5.41, 5.74) is -0.686. The molecule has 0 aromatic carbocycles. The van der Waals surface area contributed by atoms with Gasteiger partial charge in [0.15, 0.2) is 6.29 Å². The minimum atomic E-state index is -0.767. The quantitative estimate of drug-likeness (QED) is 0.801. The highest BCUT2D eigenvalue weighted by atomic mass is 16.6. The molecule has 0 saturated heterocycles. The maximum absolute atomic E-state index is 10.2. The molecular weight excluding hydrogens is 216 g/mol. The van der Waals surface area contributed by atoms with E-state index in [0.29, 0.717) is 0 Å². The first-order valence-corrected chi connectivity index (χ1v) is 6.38. The zero-order valence-electron chi connectivity index (χ0n) is 11.1. The van der Waals surface area contributed by atoms with Crippen LogP contribution in [-0.2, 0) is 16.8 Å². The third-order valence-electron chi connectivity index (χ3n) is 4.06. The lowest BCUT2D eigenvalue weighted by molar-refractivity contribution is -0.238. The molecule has 96 valence electrons. The van der Waals surface area contributed by atoms with Crippen LogP contribution in [0.15, 0.2) is 16.5 Å². The van der Waals surface area contributed by atoms with E-state index in [1.54, 1.807) is 0 Å². The van der Waals surface area contributed by atoms with Gasteiger partial charge in [-0.05, 0) is 25.0 Å². The SMILES string of the molecule is CCC1(OC(O)C(C)(C)CC)Cc2ccc1o2. The van der Waals surface area contributed by atoms with Crippen LogP contribution in [0.2, 0.25) is 0 Å². The highest BCUT2D eigenvalue weighted by molar-refractivity contribution is 5.24. The van der Waals surface area contributed by atoms with Gasteiger partial charge in [-0.2, -0.15) is 0 Å². The standard InChI is InChI=1S/C14H22O3/c1-5-13(3,4)12(15)17-14(6-2)9-10-7-8-11(14)16-10/h7-8,12,15H,5-6,9H2,1-4H3. The monoisotopic (exact) mass is 238 g/mol. The van der Waals surface area contributed by atoms with Crippen molar-refractivity contribution in [2.75, 3.05) is 0 Å². The zero-order chi connectivity index (χ0) is 12.7. The number of fused-ring (bicyclic) bond motifs is 2. The molecule has 1 aromatic heterocycles. The summed E-state index contributed by atoms with van der Waals surface area (Å²) in [6.07, 6.45) is 1.66. The zero-order valence-corrected chi connectivity index (χ0v) is 11.1. The van der Waals surface area contributed by atoms with E-state index in [2.05, 4.69) is 13.8 Å². The summed E-state index contributed by atoms with van der Waals surface area (Å²) in [4.78, 5) is 0. The summed E-state index contributed by atoms with van der Waals surface area (Å²) in [7, 11) is 0. The molecule has 0 saturated carbocycles. The molecule has 0 aliphatic carbocycles. The number of aliphatic hydroxyl groups is 1. The predicted octanol–water partition coefficient (Wildman–Crippen LogP) is 3.21. The number of hydrogen-bond donors (Lipinski definition) is 1. The number of ether oxygens (including phenoxy) is 1. The molecule has 2 unspecified atom stereocenters. The molecule has 1 aliphatic rings. The van der Waals surface area contributed by atoms with Gasteiger partial charge in [-0.15, -0.1) is 0 Å². The lowest BCUT2D eigenvalue weighted by Gasteiger charge is -2.37. The summed E-state index contributed by atoms with van der Waals surface area (Å²) in [6.45, 7) is 8.16. The van der Waals surface area contributed by atoms with Gasteiger partial charge in [-0.3, -0.25) is 0 Å². The van der Waals surface area contributed by atoms with Crippen molar-refractivity contribution in [2.24, 2.45) is 5.41 Å². The molecule has 0 radical (unpaired) electrons. The molecule has 1 N–H and O–H groups in total. The third-order valence-corrected chi connectivity index (χ3v) is 4.06. The van der Waals surface area contributed by atoms with E-state index in [-0.39, 0.29) is 5.41 Å². The van der Waals surface area contributed by atoms with Gasteiger partial charge >= 0.3 is 0 Å². The third kappa shape index (κ3) is 2.02. The van der Waals surface area contributed by atoms with Crippen LogP contribution >= 0.6 is 0 Å². The van der Waals surface area contributed by atoms with Crippen LogP contribution < -0.4 is 0 Å². The lowest BCUT2D eigenvalue weighted by Crippen LogP contribution is -2.40. The van der Waals surface area contributed by atoms with Gasteiger partial charge in [-0.1, -0.05) is 27.7 Å². The summed E-state index contributed by atoms with van der Waals surface area (Å²) >= 11 is 0. The van der Waals surface area contributed by atoms with E-state index < -0.39 is 11.9 Å². The number of aliphatic hydroxyl groups excluding tert-OH is 1. The van der Waals surface area contributed by atoms with Crippen molar-refractivity contribution in [3.8, 4) is 0 Å². The topological polar surface area (TPSA) is 42.6 Å². The largest absolute Gasteiger partial charge is 0.463 e. The van der Waals surface area contributed by atoms with Gasteiger partial charge in [-0.25, -0.2) is 0 Å². The van der Waals surface area contributed by atoms with Crippen molar-refractivity contribution >= 4 is 0 Å². The fraction of sp³-hybridized carbons (Fsp3) is 0.714. The molecule has 2 bridgehead atoms. The second-order valence-corrected chi connectivity index (χ2v) is 5.60. The molecule has 0 spiro atoms. The first-order valence-electron chi connectivity index (χ1n) is 6.38. The molecule has 3 heteroatoms. The van der Waals surface area contributed by atoms with Gasteiger partial charge in [0.1, 0.15) is 17.1 Å². The molecule has 3 nitrogen and oxygen atoms in total. The Kier molecular flexibility index (Phi) is 3.08. The van der Waals surface area contributed by atoms with Crippen molar-refractivity contribution in [2.45, 2.75) is 58.8 Å². The maximum Gasteiger partial charge on any atom is 0.161 e. The average Bonchev–Trinajstić information content (AvgIpc) is 2.89. The van der Waals surface area contributed by atoms with E-state index in [4.69, 9.17) is 9.15 Å². The Morgan fingerprint density at radius 1 is 1.47 bits per heavy atom. The Bertz CT molecular complexity index is 394. The van der Waals surface area contributed by atoms with Crippen molar-refractivity contribution in [3.05, 3.63) is 23.7 Å². The Labute approximate surface area is 103 Å².